The second kappa shape index (κ2) is 12.5. The molecule has 1 aliphatic carbocycles. The van der Waals surface area contributed by atoms with Crippen molar-refractivity contribution in [1.29, 1.82) is 0 Å². The van der Waals surface area contributed by atoms with Gasteiger partial charge in [0.1, 0.15) is 22.2 Å². The monoisotopic (exact) mass is 676 g/mol. The quantitative estimate of drug-likeness (QED) is 0.131. The molecule has 0 fully saturated rings. The number of pyridine rings is 2. The molecule has 0 saturated heterocycles. The first-order chi connectivity index (χ1) is 20.8. The molecule has 0 radical (unpaired) electrons. The van der Waals surface area contributed by atoms with Crippen LogP contribution in [0.2, 0.25) is 0 Å². The van der Waals surface area contributed by atoms with Crippen LogP contribution in [0.3, 0.4) is 0 Å². The van der Waals surface area contributed by atoms with E-state index in [2.05, 4.69) is 20.3 Å². The lowest BCUT2D eigenvalue weighted by atomic mass is 9.79. The number of benzene rings is 1. The maximum absolute atomic E-state index is 13.1. The fraction of sp³-hybridized carbons (Fsp3) is 0.259. The number of nitrogens with zero attached hydrogens (tertiary/aromatic N) is 3. The minimum atomic E-state index is -5.08. The summed E-state index contributed by atoms with van der Waals surface area (Å²) in [5.74, 6) is -2.46. The number of nitrogens with one attached hydrogen (secondary N) is 1. The normalized spacial score (nSPS) is 16.8. The molecule has 5 N–H and O–H groups in total. The number of alkyl halides is 6. The van der Waals surface area contributed by atoms with Gasteiger partial charge in [0.05, 0.1) is 21.4 Å². The minimum absolute atomic E-state index is 0.00309. The summed E-state index contributed by atoms with van der Waals surface area (Å²) in [5, 5.41) is 21.9. The SMILES string of the molecule is Cc1cc(Nc2cc(C(F)(F)F)ccn2)nc(-c2cnc([C@@]3(O)CCCc4cc(P(=O)(O)O)ccc43)s2)c1.O=C(O)C(F)(F)F. The molecule has 0 amide bonds. The van der Waals surface area contributed by atoms with Gasteiger partial charge < -0.3 is 25.3 Å². The molecule has 18 heteroatoms. The lowest BCUT2D eigenvalue weighted by Gasteiger charge is -2.33. The highest BCUT2D eigenvalue weighted by Crippen LogP contribution is 2.44. The zero-order valence-corrected chi connectivity index (χ0v) is 24.6. The van der Waals surface area contributed by atoms with Crippen molar-refractivity contribution in [3.63, 3.8) is 0 Å². The molecule has 45 heavy (non-hydrogen) atoms. The Bertz CT molecular complexity index is 1780. The van der Waals surface area contributed by atoms with Crippen molar-refractivity contribution in [2.45, 2.75) is 44.1 Å². The van der Waals surface area contributed by atoms with Crippen molar-refractivity contribution in [2.24, 2.45) is 0 Å². The Morgan fingerprint density at radius 3 is 2.33 bits per heavy atom. The van der Waals surface area contributed by atoms with E-state index in [4.69, 9.17) is 9.90 Å². The summed E-state index contributed by atoms with van der Waals surface area (Å²) in [6.45, 7) is 1.82. The number of halogens is 6. The number of fused-ring (bicyclic) bond motifs is 1. The molecule has 1 aliphatic rings. The van der Waals surface area contributed by atoms with Gasteiger partial charge in [0, 0.05) is 12.4 Å². The fourth-order valence-corrected chi connectivity index (χ4v) is 6.11. The molecule has 0 saturated carbocycles. The van der Waals surface area contributed by atoms with Crippen LogP contribution in [-0.4, -0.2) is 47.1 Å². The van der Waals surface area contributed by atoms with Crippen LogP contribution in [-0.2, 0) is 27.6 Å². The average molecular weight is 677 g/mol. The first kappa shape index (κ1) is 34.0. The summed E-state index contributed by atoms with van der Waals surface area (Å²) < 4.78 is 82.7. The highest BCUT2D eigenvalue weighted by atomic mass is 32.1. The van der Waals surface area contributed by atoms with Crippen LogP contribution in [0.1, 0.15) is 40.1 Å². The van der Waals surface area contributed by atoms with E-state index in [1.54, 1.807) is 24.4 Å². The van der Waals surface area contributed by atoms with Gasteiger partial charge in [-0.15, -0.1) is 11.3 Å². The number of aliphatic carboxylic acids is 1. The summed E-state index contributed by atoms with van der Waals surface area (Å²) in [6.07, 6.45) is -5.38. The van der Waals surface area contributed by atoms with Crippen LogP contribution in [0.25, 0.3) is 10.6 Å². The molecule has 0 bridgehead atoms. The van der Waals surface area contributed by atoms with Gasteiger partial charge in [-0.1, -0.05) is 6.07 Å². The van der Waals surface area contributed by atoms with E-state index in [9.17, 15) is 45.8 Å². The van der Waals surface area contributed by atoms with Crippen molar-refractivity contribution in [3.05, 3.63) is 82.1 Å². The lowest BCUT2D eigenvalue weighted by Crippen LogP contribution is -2.32. The number of aromatic nitrogens is 3. The highest BCUT2D eigenvalue weighted by molar-refractivity contribution is 7.60. The van der Waals surface area contributed by atoms with E-state index in [-0.39, 0.29) is 11.1 Å². The summed E-state index contributed by atoms with van der Waals surface area (Å²) in [7, 11) is -4.43. The minimum Gasteiger partial charge on any atom is -0.475 e. The number of carbonyl (C=O) groups is 1. The second-order valence-corrected chi connectivity index (χ2v) is 12.5. The number of rotatable bonds is 5. The largest absolute Gasteiger partial charge is 0.490 e. The number of thiazole rings is 1. The number of hydrogen-bond donors (Lipinski definition) is 5. The molecular formula is C27H23F6N4O6PS. The van der Waals surface area contributed by atoms with E-state index in [1.807, 2.05) is 6.92 Å². The summed E-state index contributed by atoms with van der Waals surface area (Å²) in [6, 6.07) is 9.58. The van der Waals surface area contributed by atoms with E-state index in [0.29, 0.717) is 51.8 Å². The molecule has 3 aromatic heterocycles. The van der Waals surface area contributed by atoms with Crippen LogP contribution in [0.4, 0.5) is 38.0 Å². The first-order valence-corrected chi connectivity index (χ1v) is 15.2. The van der Waals surface area contributed by atoms with E-state index < -0.39 is 37.1 Å². The maximum atomic E-state index is 13.1. The second-order valence-electron chi connectivity index (χ2n) is 9.90. The van der Waals surface area contributed by atoms with Gasteiger partial charge in [0.15, 0.2) is 0 Å². The molecule has 0 spiro atoms. The molecule has 1 atom stereocenters. The fourth-order valence-electron chi connectivity index (χ4n) is 4.51. The predicted molar refractivity (Wildman–Crippen MR) is 150 cm³/mol. The zero-order chi connectivity index (χ0) is 33.4. The van der Waals surface area contributed by atoms with Crippen LogP contribution < -0.4 is 10.6 Å². The van der Waals surface area contributed by atoms with Crippen molar-refractivity contribution in [1.82, 2.24) is 15.0 Å². The smallest absolute Gasteiger partial charge is 0.475 e. The molecule has 3 heterocycles. The van der Waals surface area contributed by atoms with Crippen molar-refractivity contribution in [3.8, 4) is 10.6 Å². The van der Waals surface area contributed by atoms with Gasteiger partial charge in [-0.2, -0.15) is 26.3 Å². The Labute approximate surface area is 254 Å². The lowest BCUT2D eigenvalue weighted by molar-refractivity contribution is -0.192. The third kappa shape index (κ3) is 8.04. The summed E-state index contributed by atoms with van der Waals surface area (Å²) in [5.41, 5.74) is 0.258. The summed E-state index contributed by atoms with van der Waals surface area (Å²) in [4.78, 5) is 41.5. The molecular weight excluding hydrogens is 653 g/mol. The van der Waals surface area contributed by atoms with Gasteiger partial charge in [-0.3, -0.25) is 4.57 Å². The Morgan fingerprint density at radius 1 is 1.02 bits per heavy atom. The van der Waals surface area contributed by atoms with Crippen LogP contribution in [0, 0.1) is 6.92 Å². The number of aryl methyl sites for hydroxylation is 2. The van der Waals surface area contributed by atoms with Crippen molar-refractivity contribution in [2.75, 3.05) is 5.32 Å². The van der Waals surface area contributed by atoms with Gasteiger partial charge in [-0.05, 0) is 79.3 Å². The number of carboxylic acids is 1. The number of aliphatic hydroxyl groups is 1. The molecule has 5 rings (SSSR count). The molecule has 1 aromatic carbocycles. The molecule has 10 nitrogen and oxygen atoms in total. The van der Waals surface area contributed by atoms with Crippen molar-refractivity contribution >= 4 is 41.8 Å². The van der Waals surface area contributed by atoms with Gasteiger partial charge in [-0.25, -0.2) is 19.7 Å². The average Bonchev–Trinajstić information content (AvgIpc) is 3.43. The van der Waals surface area contributed by atoms with Crippen LogP contribution >= 0.6 is 18.9 Å². The third-order valence-electron chi connectivity index (χ3n) is 6.52. The van der Waals surface area contributed by atoms with Gasteiger partial charge >= 0.3 is 25.9 Å². The van der Waals surface area contributed by atoms with E-state index in [0.717, 1.165) is 23.9 Å². The van der Waals surface area contributed by atoms with Crippen LogP contribution in [0.15, 0.2) is 54.9 Å². The Balaban J connectivity index is 0.000000591. The number of hydrogen-bond acceptors (Lipinski definition) is 8. The Morgan fingerprint density at radius 2 is 1.71 bits per heavy atom. The highest BCUT2D eigenvalue weighted by Gasteiger charge is 2.40. The molecule has 0 aliphatic heterocycles. The standard InChI is InChI=1S/C25H22F3N4O4PS.C2HF3O2/c1-14-9-19(31-22(10-14)32-21-12-16(6-8-29-21)25(26,27)28)20-13-30-23(38-20)24(33)7-2-3-15-11-17(37(34,35)36)4-5-18(15)24;3-2(4,5)1(6)7/h4-6,8-13,33H,2-3,7H2,1H3,(H,29,31,32)(H2,34,35,36);(H,6,7)/t24-;/m1./s1. The predicted octanol–water partition coefficient (Wildman–Crippen LogP) is 5.68. The van der Waals surface area contributed by atoms with Gasteiger partial charge in [0.25, 0.3) is 0 Å². The number of anilines is 2. The third-order valence-corrected chi connectivity index (χ3v) is 8.64. The maximum Gasteiger partial charge on any atom is 0.490 e. The zero-order valence-electron chi connectivity index (χ0n) is 22.9. The Hall–Kier alpha value is -3.89. The van der Waals surface area contributed by atoms with Crippen molar-refractivity contribution < 1.29 is 55.7 Å². The van der Waals surface area contributed by atoms with E-state index >= 15 is 0 Å². The molecule has 0 unspecified atom stereocenters. The van der Waals surface area contributed by atoms with E-state index in [1.165, 1.54) is 23.5 Å². The summed E-state index contributed by atoms with van der Waals surface area (Å²) >= 11 is 1.22. The number of carboxylic acid groups (broad SMARTS) is 1. The molecule has 4 aromatic rings. The topological polar surface area (TPSA) is 166 Å². The van der Waals surface area contributed by atoms with Crippen LogP contribution in [0.5, 0.6) is 0 Å². The molecule has 240 valence electrons. The first-order valence-electron chi connectivity index (χ1n) is 12.7. The van der Waals surface area contributed by atoms with Gasteiger partial charge in [0.2, 0.25) is 0 Å². The Kier molecular flexibility index (Phi) is 9.43.